The van der Waals surface area contributed by atoms with Crippen molar-refractivity contribution >= 4 is 40.1 Å². The molecule has 0 bridgehead atoms. The minimum Gasteiger partial charge on any atom is -0.356 e. The van der Waals surface area contributed by atoms with Crippen LogP contribution in [0, 0.1) is 5.92 Å². The van der Waals surface area contributed by atoms with Gasteiger partial charge in [-0.25, -0.2) is 15.0 Å². The van der Waals surface area contributed by atoms with Gasteiger partial charge in [0.25, 0.3) is 0 Å². The lowest BCUT2D eigenvalue weighted by Gasteiger charge is -2.32. The number of nitrogens with one attached hydrogen (secondary N) is 1. The van der Waals surface area contributed by atoms with Crippen LogP contribution in [0.25, 0.3) is 10.9 Å². The zero-order valence-corrected chi connectivity index (χ0v) is 16.5. The maximum Gasteiger partial charge on any atom is 0.223 e. The zero-order valence-electron chi connectivity index (χ0n) is 15.7. The van der Waals surface area contributed by atoms with Crippen molar-refractivity contribution in [2.45, 2.75) is 26.3 Å². The van der Waals surface area contributed by atoms with E-state index < -0.39 is 0 Å². The second-order valence-electron chi connectivity index (χ2n) is 7.08. The Kier molecular flexibility index (Phi) is 5.39. The number of carbonyl (C=O) groups is 1. The molecule has 1 aromatic carbocycles. The minimum atomic E-state index is 0.170. The maximum atomic E-state index is 11.6. The Balaban J connectivity index is 1.52. The van der Waals surface area contributed by atoms with E-state index >= 15 is 0 Å². The van der Waals surface area contributed by atoms with Crippen molar-refractivity contribution in [2.75, 3.05) is 23.3 Å². The molecule has 3 aromatic rings. The highest BCUT2D eigenvalue weighted by atomic mass is 35.5. The van der Waals surface area contributed by atoms with Gasteiger partial charge in [0.2, 0.25) is 5.95 Å². The first-order valence-electron chi connectivity index (χ1n) is 9.46. The summed E-state index contributed by atoms with van der Waals surface area (Å²) in [5.74, 6) is 1.89. The average molecular weight is 396 g/mol. The third kappa shape index (κ3) is 3.92. The van der Waals surface area contributed by atoms with Crippen LogP contribution in [-0.4, -0.2) is 33.8 Å². The number of rotatable bonds is 5. The number of Topliss-reactive ketones (excluding diaryl/α,β-unsaturated/α-hetero) is 1. The van der Waals surface area contributed by atoms with E-state index in [2.05, 4.69) is 25.2 Å². The largest absolute Gasteiger partial charge is 0.356 e. The van der Waals surface area contributed by atoms with Gasteiger partial charge in [0.15, 0.2) is 0 Å². The molecular weight excluding hydrogens is 374 g/mol. The summed E-state index contributed by atoms with van der Waals surface area (Å²) < 4.78 is 0. The summed E-state index contributed by atoms with van der Waals surface area (Å²) in [7, 11) is 0. The van der Waals surface area contributed by atoms with Crippen LogP contribution in [0.4, 0.5) is 11.8 Å². The van der Waals surface area contributed by atoms with Crippen LogP contribution in [0.1, 0.15) is 25.3 Å². The number of fused-ring (bicyclic) bond motifs is 1. The Morgan fingerprint density at radius 3 is 2.75 bits per heavy atom. The quantitative estimate of drug-likeness (QED) is 0.701. The van der Waals surface area contributed by atoms with Crippen molar-refractivity contribution in [3.63, 3.8) is 0 Å². The Hall–Kier alpha value is -2.73. The number of hydrogen-bond donors (Lipinski definition) is 1. The fourth-order valence-corrected chi connectivity index (χ4v) is 3.80. The van der Waals surface area contributed by atoms with Gasteiger partial charge in [-0.05, 0) is 37.5 Å². The molecule has 28 heavy (non-hydrogen) atoms. The highest BCUT2D eigenvalue weighted by Crippen LogP contribution is 2.28. The Bertz CT molecular complexity index is 1000. The van der Waals surface area contributed by atoms with Gasteiger partial charge in [-0.1, -0.05) is 29.8 Å². The number of carbonyl (C=O) groups excluding carboxylic acids is 1. The van der Waals surface area contributed by atoms with E-state index in [1.165, 1.54) is 0 Å². The molecule has 1 aliphatic rings. The van der Waals surface area contributed by atoms with Crippen LogP contribution in [0.15, 0.2) is 42.7 Å². The summed E-state index contributed by atoms with van der Waals surface area (Å²) in [4.78, 5) is 27.5. The van der Waals surface area contributed by atoms with Crippen LogP contribution in [0.2, 0.25) is 5.02 Å². The highest BCUT2D eigenvalue weighted by molar-refractivity contribution is 6.31. The molecule has 1 aliphatic heterocycles. The molecule has 6 nitrogen and oxygen atoms in total. The predicted molar refractivity (Wildman–Crippen MR) is 112 cm³/mol. The van der Waals surface area contributed by atoms with Crippen molar-refractivity contribution in [1.29, 1.82) is 0 Å². The van der Waals surface area contributed by atoms with Gasteiger partial charge in [0.05, 0.1) is 10.9 Å². The van der Waals surface area contributed by atoms with Crippen molar-refractivity contribution in [3.8, 4) is 0 Å². The molecule has 0 radical (unpaired) electrons. The molecule has 144 valence electrons. The third-order valence-corrected chi connectivity index (χ3v) is 5.62. The normalized spacial score (nSPS) is 15.0. The zero-order chi connectivity index (χ0) is 19.5. The SMILES string of the molecule is CC(=O)C1CCN(c2nccc3nc(NCc4ccccc4Cl)ncc23)CC1. The number of anilines is 2. The molecule has 2 aromatic heterocycles. The van der Waals surface area contributed by atoms with E-state index in [9.17, 15) is 4.79 Å². The molecule has 0 spiro atoms. The number of hydrogen-bond acceptors (Lipinski definition) is 6. The van der Waals surface area contributed by atoms with Gasteiger partial charge in [-0.3, -0.25) is 4.79 Å². The molecule has 0 amide bonds. The second kappa shape index (κ2) is 8.10. The summed E-state index contributed by atoms with van der Waals surface area (Å²) >= 11 is 6.21. The first kappa shape index (κ1) is 18.6. The van der Waals surface area contributed by atoms with E-state index in [-0.39, 0.29) is 11.7 Å². The Morgan fingerprint density at radius 1 is 1.21 bits per heavy atom. The van der Waals surface area contributed by atoms with Gasteiger partial charge in [-0.15, -0.1) is 0 Å². The number of halogens is 1. The number of ketones is 1. The number of aromatic nitrogens is 3. The van der Waals surface area contributed by atoms with Crippen LogP contribution < -0.4 is 10.2 Å². The minimum absolute atomic E-state index is 0.170. The molecule has 3 heterocycles. The molecule has 0 saturated carbocycles. The van der Waals surface area contributed by atoms with E-state index in [1.807, 2.05) is 36.5 Å². The van der Waals surface area contributed by atoms with Crippen LogP contribution in [0.3, 0.4) is 0 Å². The van der Waals surface area contributed by atoms with Gasteiger partial charge in [0, 0.05) is 43.0 Å². The molecule has 7 heteroatoms. The Labute approximate surface area is 169 Å². The van der Waals surface area contributed by atoms with Crippen LogP contribution in [-0.2, 0) is 11.3 Å². The number of nitrogens with zero attached hydrogens (tertiary/aromatic N) is 4. The van der Waals surface area contributed by atoms with Crippen LogP contribution >= 0.6 is 11.6 Å². The van der Waals surface area contributed by atoms with E-state index in [4.69, 9.17) is 11.6 Å². The number of piperidine rings is 1. The molecule has 1 fully saturated rings. The van der Waals surface area contributed by atoms with Crippen LogP contribution in [0.5, 0.6) is 0 Å². The van der Waals surface area contributed by atoms with Crippen molar-refractivity contribution in [1.82, 2.24) is 15.0 Å². The van der Waals surface area contributed by atoms with Gasteiger partial charge in [0.1, 0.15) is 11.6 Å². The van der Waals surface area contributed by atoms with Crippen molar-refractivity contribution < 1.29 is 4.79 Å². The van der Waals surface area contributed by atoms with E-state index in [1.54, 1.807) is 13.1 Å². The summed E-state index contributed by atoms with van der Waals surface area (Å²) in [6, 6.07) is 9.60. The average Bonchev–Trinajstić information content (AvgIpc) is 2.72. The topological polar surface area (TPSA) is 71.0 Å². The van der Waals surface area contributed by atoms with Gasteiger partial charge >= 0.3 is 0 Å². The molecule has 4 rings (SSSR count). The Morgan fingerprint density at radius 2 is 2.00 bits per heavy atom. The fourth-order valence-electron chi connectivity index (χ4n) is 3.59. The lowest BCUT2D eigenvalue weighted by atomic mass is 9.93. The monoisotopic (exact) mass is 395 g/mol. The lowest BCUT2D eigenvalue weighted by Crippen LogP contribution is -2.36. The van der Waals surface area contributed by atoms with E-state index in [0.29, 0.717) is 12.5 Å². The molecule has 1 N–H and O–H groups in total. The third-order valence-electron chi connectivity index (χ3n) is 5.25. The molecule has 0 unspecified atom stereocenters. The van der Waals surface area contributed by atoms with E-state index in [0.717, 1.165) is 53.2 Å². The van der Waals surface area contributed by atoms with Crippen molar-refractivity contribution in [2.24, 2.45) is 5.92 Å². The number of benzene rings is 1. The fraction of sp³-hybridized carbons (Fsp3) is 0.333. The second-order valence-corrected chi connectivity index (χ2v) is 7.49. The summed E-state index contributed by atoms with van der Waals surface area (Å²) in [6.07, 6.45) is 5.33. The predicted octanol–water partition coefficient (Wildman–Crippen LogP) is 4.10. The van der Waals surface area contributed by atoms with Gasteiger partial charge in [-0.2, -0.15) is 0 Å². The standard InChI is InChI=1S/C21H22ClN5O/c1-14(28)15-7-10-27(11-8-15)20-17-13-25-21(26-19(17)6-9-23-20)24-12-16-4-2-3-5-18(16)22/h2-6,9,13,15H,7-8,10-12H2,1H3,(H,24,25,26). The smallest absolute Gasteiger partial charge is 0.223 e. The van der Waals surface area contributed by atoms with Gasteiger partial charge < -0.3 is 10.2 Å². The lowest BCUT2D eigenvalue weighted by molar-refractivity contribution is -0.121. The highest BCUT2D eigenvalue weighted by Gasteiger charge is 2.24. The summed E-state index contributed by atoms with van der Waals surface area (Å²) in [5, 5.41) is 4.87. The molecule has 0 aliphatic carbocycles. The first-order chi connectivity index (χ1) is 13.6. The molecule has 0 atom stereocenters. The van der Waals surface area contributed by atoms with Crippen molar-refractivity contribution in [3.05, 3.63) is 53.3 Å². The number of pyridine rings is 1. The molecular formula is C21H22ClN5O. The maximum absolute atomic E-state index is 11.6. The molecule has 1 saturated heterocycles. The summed E-state index contributed by atoms with van der Waals surface area (Å²) in [6.45, 7) is 3.88. The summed E-state index contributed by atoms with van der Waals surface area (Å²) in [5.41, 5.74) is 1.84. The first-order valence-corrected chi connectivity index (χ1v) is 9.84.